The summed E-state index contributed by atoms with van der Waals surface area (Å²) in [4.78, 5) is 32.1. The number of ether oxygens (including phenoxy) is 1. The zero-order valence-corrected chi connectivity index (χ0v) is 11.3. The number of hydrogen-bond donors (Lipinski definition) is 4. The van der Waals surface area contributed by atoms with E-state index in [4.69, 9.17) is 4.74 Å². The molecule has 4 N–H and O–H groups in total. The van der Waals surface area contributed by atoms with Crippen LogP contribution in [0.3, 0.4) is 0 Å². The molecule has 4 heterocycles. The Balaban J connectivity index is 2.01. The van der Waals surface area contributed by atoms with Gasteiger partial charge in [0.25, 0.3) is 5.56 Å². The number of anilines is 1. The molecule has 2 aliphatic rings. The zero-order chi connectivity index (χ0) is 15.6. The van der Waals surface area contributed by atoms with Gasteiger partial charge in [-0.05, 0) is 0 Å². The zero-order valence-electron chi connectivity index (χ0n) is 11.3. The summed E-state index contributed by atoms with van der Waals surface area (Å²) in [7, 11) is 1.59. The van der Waals surface area contributed by atoms with Gasteiger partial charge in [-0.3, -0.25) is 19.3 Å². The van der Waals surface area contributed by atoms with Crippen LogP contribution in [0.5, 0.6) is 0 Å². The molecule has 0 aromatic carbocycles. The van der Waals surface area contributed by atoms with E-state index in [2.05, 4.69) is 20.1 Å². The number of nitrogens with zero attached hydrogens (tertiary/aromatic N) is 4. The SMILES string of the molecule is CN1N=C2[C@@H](O[C@H](CO)[C@H]2O)n2c1nc1c(=O)[nH]c(=O)[nH]c12. The summed E-state index contributed by atoms with van der Waals surface area (Å²) in [6, 6.07) is 0. The molecule has 0 radical (unpaired) electrons. The molecule has 0 unspecified atom stereocenters. The van der Waals surface area contributed by atoms with Crippen molar-refractivity contribution in [2.75, 3.05) is 18.7 Å². The van der Waals surface area contributed by atoms with E-state index >= 15 is 0 Å². The summed E-state index contributed by atoms with van der Waals surface area (Å²) in [6.45, 7) is -0.389. The molecule has 2 aliphatic heterocycles. The van der Waals surface area contributed by atoms with E-state index < -0.39 is 29.7 Å². The van der Waals surface area contributed by atoms with Gasteiger partial charge in [0, 0.05) is 7.05 Å². The van der Waals surface area contributed by atoms with E-state index in [0.717, 1.165) is 0 Å². The second-order valence-electron chi connectivity index (χ2n) is 5.09. The van der Waals surface area contributed by atoms with Crippen LogP contribution in [-0.2, 0) is 4.74 Å². The van der Waals surface area contributed by atoms with Gasteiger partial charge in [-0.1, -0.05) is 0 Å². The maximum absolute atomic E-state index is 11.9. The third kappa shape index (κ3) is 1.55. The normalized spacial score (nSPS) is 27.0. The fourth-order valence-electron chi connectivity index (χ4n) is 2.76. The molecule has 0 aliphatic carbocycles. The standard InChI is InChI=1S/C11H12N6O5/c1-16-11-12-5-7(13-10(21)14-8(5)20)17(11)9-4(15-16)6(19)3(2-18)22-9/h3,6,9,18-19H,2H2,1H3,(H2,13,14,20,21)/t3-,6-,9-/m1/s1. The number of H-pyrrole nitrogens is 2. The molecule has 22 heavy (non-hydrogen) atoms. The summed E-state index contributed by atoms with van der Waals surface area (Å²) < 4.78 is 7.04. The molecule has 0 spiro atoms. The number of fused-ring (bicyclic) bond motifs is 5. The van der Waals surface area contributed by atoms with Crippen LogP contribution in [0.2, 0.25) is 0 Å². The average Bonchev–Trinajstić information content (AvgIpc) is 2.99. The quantitative estimate of drug-likeness (QED) is 0.454. The highest BCUT2D eigenvalue weighted by Gasteiger charge is 2.46. The Morgan fingerprint density at radius 3 is 2.86 bits per heavy atom. The number of aliphatic hydroxyl groups is 2. The van der Waals surface area contributed by atoms with Crippen LogP contribution in [0.4, 0.5) is 5.95 Å². The van der Waals surface area contributed by atoms with Gasteiger partial charge in [0.1, 0.15) is 17.9 Å². The van der Waals surface area contributed by atoms with Gasteiger partial charge in [-0.2, -0.15) is 5.10 Å². The van der Waals surface area contributed by atoms with Crippen molar-refractivity contribution in [3.8, 4) is 0 Å². The van der Waals surface area contributed by atoms with Crippen molar-refractivity contribution in [2.45, 2.75) is 18.4 Å². The number of nitrogens with one attached hydrogen (secondary N) is 2. The minimum atomic E-state index is -1.09. The molecular weight excluding hydrogens is 296 g/mol. The van der Waals surface area contributed by atoms with Crippen molar-refractivity contribution < 1.29 is 14.9 Å². The van der Waals surface area contributed by atoms with Crippen LogP contribution in [0.15, 0.2) is 14.7 Å². The van der Waals surface area contributed by atoms with Gasteiger partial charge in [0.15, 0.2) is 17.4 Å². The largest absolute Gasteiger partial charge is 0.394 e. The molecule has 4 rings (SSSR count). The van der Waals surface area contributed by atoms with E-state index in [0.29, 0.717) is 0 Å². The molecule has 11 nitrogen and oxygen atoms in total. The second-order valence-corrected chi connectivity index (χ2v) is 5.09. The highest BCUT2D eigenvalue weighted by Crippen LogP contribution is 2.36. The number of rotatable bonds is 1. The lowest BCUT2D eigenvalue weighted by molar-refractivity contribution is -0.0415. The van der Waals surface area contributed by atoms with Crippen molar-refractivity contribution in [1.82, 2.24) is 19.5 Å². The predicted octanol–water partition coefficient (Wildman–Crippen LogP) is -2.53. The summed E-state index contributed by atoms with van der Waals surface area (Å²) in [5, 5.41) is 24.9. The molecule has 2 aromatic heterocycles. The maximum Gasteiger partial charge on any atom is 0.327 e. The number of aromatic nitrogens is 4. The van der Waals surface area contributed by atoms with Gasteiger partial charge in [-0.15, -0.1) is 0 Å². The van der Waals surface area contributed by atoms with Crippen LogP contribution in [-0.4, -0.2) is 61.3 Å². The predicted molar refractivity (Wildman–Crippen MR) is 73.8 cm³/mol. The third-order valence-corrected chi connectivity index (χ3v) is 3.75. The number of aliphatic hydroxyl groups excluding tert-OH is 2. The van der Waals surface area contributed by atoms with E-state index in [1.54, 1.807) is 7.05 Å². The lowest BCUT2D eigenvalue weighted by atomic mass is 10.1. The summed E-state index contributed by atoms with van der Waals surface area (Å²) in [6.07, 6.45) is -2.77. The van der Waals surface area contributed by atoms with Gasteiger partial charge in [-0.25, -0.2) is 14.8 Å². The summed E-state index contributed by atoms with van der Waals surface area (Å²) in [5.41, 5.74) is -0.839. The average molecular weight is 308 g/mol. The number of hydrogen-bond acceptors (Lipinski definition) is 8. The Kier molecular flexibility index (Phi) is 2.55. The van der Waals surface area contributed by atoms with Crippen molar-refractivity contribution in [2.24, 2.45) is 5.10 Å². The van der Waals surface area contributed by atoms with Crippen molar-refractivity contribution in [3.63, 3.8) is 0 Å². The molecule has 11 heteroatoms. The van der Waals surface area contributed by atoms with Gasteiger partial charge in [0.2, 0.25) is 5.95 Å². The van der Waals surface area contributed by atoms with Gasteiger partial charge in [0.05, 0.1) is 6.61 Å². The third-order valence-electron chi connectivity index (χ3n) is 3.75. The second kappa shape index (κ2) is 4.25. The molecule has 116 valence electrons. The fraction of sp³-hybridized carbons (Fsp3) is 0.455. The Morgan fingerprint density at radius 1 is 1.36 bits per heavy atom. The topological polar surface area (TPSA) is 149 Å². The minimum Gasteiger partial charge on any atom is -0.394 e. The number of imidazole rings is 1. The lowest BCUT2D eigenvalue weighted by Crippen LogP contribution is -2.35. The van der Waals surface area contributed by atoms with Crippen LogP contribution < -0.4 is 16.3 Å². The first-order chi connectivity index (χ1) is 10.5. The molecule has 0 bridgehead atoms. The Hall–Kier alpha value is -2.50. The molecule has 1 fully saturated rings. The minimum absolute atomic E-state index is 0.0310. The highest BCUT2D eigenvalue weighted by atomic mass is 16.5. The lowest BCUT2D eigenvalue weighted by Gasteiger charge is -2.25. The number of hydrazone groups is 1. The van der Waals surface area contributed by atoms with E-state index in [9.17, 15) is 19.8 Å². The number of aromatic amines is 2. The van der Waals surface area contributed by atoms with Crippen molar-refractivity contribution >= 4 is 22.8 Å². The summed E-state index contributed by atoms with van der Waals surface area (Å²) in [5.74, 6) is 0.280. The molecule has 1 saturated heterocycles. The first-order valence-corrected chi connectivity index (χ1v) is 6.52. The smallest absolute Gasteiger partial charge is 0.327 e. The Labute approximate surface area is 121 Å². The van der Waals surface area contributed by atoms with Crippen LogP contribution >= 0.6 is 0 Å². The Morgan fingerprint density at radius 2 is 2.14 bits per heavy atom. The van der Waals surface area contributed by atoms with Crippen molar-refractivity contribution in [3.05, 3.63) is 20.8 Å². The summed E-state index contributed by atoms with van der Waals surface area (Å²) >= 11 is 0. The monoisotopic (exact) mass is 308 g/mol. The molecule has 0 amide bonds. The molecule has 3 atom stereocenters. The van der Waals surface area contributed by atoms with E-state index in [1.807, 2.05) is 0 Å². The van der Waals surface area contributed by atoms with Gasteiger partial charge >= 0.3 is 5.69 Å². The molecular formula is C11H12N6O5. The van der Waals surface area contributed by atoms with Crippen LogP contribution in [0.1, 0.15) is 6.23 Å². The van der Waals surface area contributed by atoms with Crippen LogP contribution in [0, 0.1) is 0 Å². The first-order valence-electron chi connectivity index (χ1n) is 6.52. The molecule has 0 saturated carbocycles. The van der Waals surface area contributed by atoms with Gasteiger partial charge < -0.3 is 14.9 Å². The van der Waals surface area contributed by atoms with E-state index in [-0.39, 0.29) is 29.4 Å². The van der Waals surface area contributed by atoms with Crippen molar-refractivity contribution in [1.29, 1.82) is 0 Å². The fourth-order valence-corrected chi connectivity index (χ4v) is 2.76. The first kappa shape index (κ1) is 13.2. The molecule has 2 aromatic rings. The van der Waals surface area contributed by atoms with Crippen LogP contribution in [0.25, 0.3) is 11.2 Å². The van der Waals surface area contributed by atoms with E-state index in [1.165, 1.54) is 9.58 Å². The Bertz CT molecular complexity index is 910. The highest BCUT2D eigenvalue weighted by molar-refractivity contribution is 5.96. The maximum atomic E-state index is 11.9.